The first-order valence-electron chi connectivity index (χ1n) is 9.74. The Labute approximate surface area is 165 Å². The van der Waals surface area contributed by atoms with Gasteiger partial charge in [-0.15, -0.1) is 0 Å². The quantitative estimate of drug-likeness (QED) is 0.803. The summed E-state index contributed by atoms with van der Waals surface area (Å²) in [4.78, 5) is 21.4. The van der Waals surface area contributed by atoms with E-state index in [1.165, 1.54) is 0 Å². The van der Waals surface area contributed by atoms with Crippen LogP contribution in [0.2, 0.25) is 0 Å². The minimum absolute atomic E-state index is 0.0483. The second kappa shape index (κ2) is 7.99. The van der Waals surface area contributed by atoms with Crippen LogP contribution in [-0.4, -0.2) is 47.6 Å². The van der Waals surface area contributed by atoms with E-state index >= 15 is 0 Å². The molecule has 1 aromatic carbocycles. The molecule has 3 heterocycles. The molecule has 6 heteroatoms. The Hall–Kier alpha value is -2.91. The SMILES string of the molecule is C[C@@H](OCC(=O)N1CC2CC[C@@H](C1)N2c1ccc(C#N)cn1)c1ccccc1. The minimum Gasteiger partial charge on any atom is -0.364 e. The highest BCUT2D eigenvalue weighted by Crippen LogP contribution is 2.34. The topological polar surface area (TPSA) is 69.5 Å². The number of ether oxygens (including phenoxy) is 1. The molecule has 2 saturated heterocycles. The Kier molecular flexibility index (Phi) is 5.27. The van der Waals surface area contributed by atoms with Crippen molar-refractivity contribution in [3.8, 4) is 6.07 Å². The van der Waals surface area contributed by atoms with Gasteiger partial charge >= 0.3 is 0 Å². The van der Waals surface area contributed by atoms with E-state index < -0.39 is 0 Å². The van der Waals surface area contributed by atoms with E-state index in [4.69, 9.17) is 10.00 Å². The van der Waals surface area contributed by atoms with Crippen molar-refractivity contribution in [1.29, 1.82) is 5.26 Å². The number of aromatic nitrogens is 1. The number of hydrogen-bond acceptors (Lipinski definition) is 5. The number of carbonyl (C=O) groups is 1. The second-order valence-electron chi connectivity index (χ2n) is 7.47. The smallest absolute Gasteiger partial charge is 0.248 e. The minimum atomic E-state index is -0.106. The number of hydrogen-bond donors (Lipinski definition) is 0. The normalized spacial score (nSPS) is 22.0. The predicted octanol–water partition coefficient (Wildman–Crippen LogP) is 2.91. The zero-order valence-electron chi connectivity index (χ0n) is 16.0. The third-order valence-corrected chi connectivity index (χ3v) is 5.70. The lowest BCUT2D eigenvalue weighted by atomic mass is 10.1. The van der Waals surface area contributed by atoms with Gasteiger partial charge in [-0.3, -0.25) is 4.79 Å². The maximum Gasteiger partial charge on any atom is 0.248 e. The summed E-state index contributed by atoms with van der Waals surface area (Å²) in [6.45, 7) is 3.46. The lowest BCUT2D eigenvalue weighted by Gasteiger charge is -2.41. The van der Waals surface area contributed by atoms with Gasteiger partial charge in [0.1, 0.15) is 18.5 Å². The Morgan fingerprint density at radius 1 is 1.21 bits per heavy atom. The number of anilines is 1. The molecule has 144 valence electrons. The zero-order chi connectivity index (χ0) is 19.5. The molecule has 2 aliphatic heterocycles. The third-order valence-electron chi connectivity index (χ3n) is 5.70. The summed E-state index contributed by atoms with van der Waals surface area (Å²) >= 11 is 0. The summed E-state index contributed by atoms with van der Waals surface area (Å²) in [6, 6.07) is 16.3. The number of nitriles is 1. The van der Waals surface area contributed by atoms with E-state index in [0.717, 1.165) is 24.2 Å². The Balaban J connectivity index is 1.36. The summed E-state index contributed by atoms with van der Waals surface area (Å²) in [7, 11) is 0. The van der Waals surface area contributed by atoms with Crippen LogP contribution in [0.1, 0.15) is 37.0 Å². The van der Waals surface area contributed by atoms with Crippen molar-refractivity contribution in [3.63, 3.8) is 0 Å². The van der Waals surface area contributed by atoms with Crippen molar-refractivity contribution in [1.82, 2.24) is 9.88 Å². The second-order valence-corrected chi connectivity index (χ2v) is 7.47. The van der Waals surface area contributed by atoms with E-state index in [1.807, 2.05) is 48.2 Å². The highest BCUT2D eigenvalue weighted by atomic mass is 16.5. The fourth-order valence-corrected chi connectivity index (χ4v) is 4.19. The molecule has 2 aromatic rings. The van der Waals surface area contributed by atoms with Crippen LogP contribution in [0.15, 0.2) is 48.7 Å². The molecule has 1 aromatic heterocycles. The van der Waals surface area contributed by atoms with Crippen LogP contribution in [0.3, 0.4) is 0 Å². The van der Waals surface area contributed by atoms with Crippen molar-refractivity contribution in [2.75, 3.05) is 24.6 Å². The van der Waals surface area contributed by atoms with Gasteiger partial charge in [-0.2, -0.15) is 5.26 Å². The predicted molar refractivity (Wildman–Crippen MR) is 106 cm³/mol. The molecule has 0 spiro atoms. The number of carbonyl (C=O) groups excluding carboxylic acids is 1. The molecule has 0 aliphatic carbocycles. The number of likely N-dealkylation sites (tertiary alicyclic amines) is 1. The maximum atomic E-state index is 12.7. The average molecular weight is 376 g/mol. The monoisotopic (exact) mass is 376 g/mol. The van der Waals surface area contributed by atoms with E-state index in [2.05, 4.69) is 16.0 Å². The number of fused-ring (bicyclic) bond motifs is 2. The van der Waals surface area contributed by atoms with Gasteiger partial charge in [0.25, 0.3) is 0 Å². The van der Waals surface area contributed by atoms with Crippen molar-refractivity contribution in [2.24, 2.45) is 0 Å². The number of pyridine rings is 1. The fourth-order valence-electron chi connectivity index (χ4n) is 4.19. The lowest BCUT2D eigenvalue weighted by molar-refractivity contribution is -0.139. The molecule has 2 fully saturated rings. The van der Waals surface area contributed by atoms with Crippen LogP contribution in [0.5, 0.6) is 0 Å². The molecule has 0 radical (unpaired) electrons. The summed E-state index contributed by atoms with van der Waals surface area (Å²) in [6.07, 6.45) is 3.62. The summed E-state index contributed by atoms with van der Waals surface area (Å²) in [5.74, 6) is 0.944. The van der Waals surface area contributed by atoms with Crippen molar-refractivity contribution >= 4 is 11.7 Å². The van der Waals surface area contributed by atoms with Crippen molar-refractivity contribution in [2.45, 2.75) is 38.0 Å². The first-order chi connectivity index (χ1) is 13.7. The first-order valence-corrected chi connectivity index (χ1v) is 9.74. The van der Waals surface area contributed by atoms with E-state index in [9.17, 15) is 4.79 Å². The number of benzene rings is 1. The first kappa shape index (κ1) is 18.5. The van der Waals surface area contributed by atoms with Gasteiger partial charge in [-0.1, -0.05) is 30.3 Å². The van der Waals surface area contributed by atoms with E-state index in [1.54, 1.807) is 12.3 Å². The number of amides is 1. The van der Waals surface area contributed by atoms with Crippen molar-refractivity contribution in [3.05, 3.63) is 59.8 Å². The lowest BCUT2D eigenvalue weighted by Crippen LogP contribution is -2.56. The van der Waals surface area contributed by atoms with Crippen molar-refractivity contribution < 1.29 is 9.53 Å². The Morgan fingerprint density at radius 2 is 1.93 bits per heavy atom. The van der Waals surface area contributed by atoms with Crippen LogP contribution in [0.4, 0.5) is 5.82 Å². The molecule has 1 amide bonds. The molecular weight excluding hydrogens is 352 g/mol. The van der Waals surface area contributed by atoms with Crippen LogP contribution < -0.4 is 4.90 Å². The zero-order valence-corrected chi connectivity index (χ0v) is 16.0. The number of piperazine rings is 1. The summed E-state index contributed by atoms with van der Waals surface area (Å²) < 4.78 is 5.82. The van der Waals surface area contributed by atoms with Gasteiger partial charge in [0.2, 0.25) is 5.91 Å². The van der Waals surface area contributed by atoms with Gasteiger partial charge < -0.3 is 14.5 Å². The third kappa shape index (κ3) is 3.71. The molecule has 2 bridgehead atoms. The van der Waals surface area contributed by atoms with E-state index in [0.29, 0.717) is 18.7 Å². The molecule has 0 saturated carbocycles. The standard InChI is InChI=1S/C22H24N4O2/c1-16(18-5-3-2-4-6-18)28-15-22(27)25-13-19-8-9-20(14-25)26(19)21-10-7-17(11-23)12-24-21/h2-7,10,12,16,19-20H,8-9,13-15H2,1H3/t16-,19+,20?/m1/s1. The molecule has 2 aliphatic rings. The maximum absolute atomic E-state index is 12.7. The molecular formula is C22H24N4O2. The van der Waals surface area contributed by atoms with Gasteiger partial charge in [0, 0.05) is 31.4 Å². The van der Waals surface area contributed by atoms with Gasteiger partial charge in [0.05, 0.1) is 11.7 Å². The molecule has 4 rings (SSSR count). The average Bonchev–Trinajstić information content (AvgIpc) is 3.01. The van der Waals surface area contributed by atoms with Gasteiger partial charge in [-0.05, 0) is 37.5 Å². The summed E-state index contributed by atoms with van der Waals surface area (Å²) in [5.41, 5.74) is 1.64. The van der Waals surface area contributed by atoms with Gasteiger partial charge in [-0.25, -0.2) is 4.98 Å². The molecule has 3 atom stereocenters. The molecule has 1 unspecified atom stereocenters. The molecule has 6 nitrogen and oxygen atoms in total. The van der Waals surface area contributed by atoms with Gasteiger partial charge in [0.15, 0.2) is 0 Å². The molecule has 28 heavy (non-hydrogen) atoms. The highest BCUT2D eigenvalue weighted by Gasteiger charge is 2.41. The van der Waals surface area contributed by atoms with Crippen LogP contribution >= 0.6 is 0 Å². The van der Waals surface area contributed by atoms with Crippen LogP contribution in [-0.2, 0) is 9.53 Å². The Bertz CT molecular complexity index is 848. The summed E-state index contributed by atoms with van der Waals surface area (Å²) in [5, 5.41) is 8.95. The fraction of sp³-hybridized carbons (Fsp3) is 0.409. The highest BCUT2D eigenvalue weighted by molar-refractivity contribution is 5.78. The number of nitrogens with zero attached hydrogens (tertiary/aromatic N) is 4. The number of rotatable bonds is 5. The van der Waals surface area contributed by atoms with Crippen LogP contribution in [0.25, 0.3) is 0 Å². The largest absolute Gasteiger partial charge is 0.364 e. The Morgan fingerprint density at radius 3 is 2.54 bits per heavy atom. The molecule has 0 N–H and O–H groups in total. The van der Waals surface area contributed by atoms with E-state index in [-0.39, 0.29) is 30.7 Å². The van der Waals surface area contributed by atoms with Crippen LogP contribution in [0, 0.1) is 11.3 Å².